The SMILES string of the molecule is CNCc1coc(C2CCCN(C)C2)n1. The van der Waals surface area contributed by atoms with E-state index < -0.39 is 0 Å². The summed E-state index contributed by atoms with van der Waals surface area (Å²) in [5.41, 5.74) is 1.00. The van der Waals surface area contributed by atoms with Crippen molar-refractivity contribution >= 4 is 0 Å². The van der Waals surface area contributed by atoms with Crippen LogP contribution in [0.5, 0.6) is 0 Å². The number of aromatic nitrogens is 1. The summed E-state index contributed by atoms with van der Waals surface area (Å²) >= 11 is 0. The van der Waals surface area contributed by atoms with Gasteiger partial charge in [0.2, 0.25) is 0 Å². The molecule has 1 atom stereocenters. The monoisotopic (exact) mass is 209 g/mol. The van der Waals surface area contributed by atoms with E-state index in [2.05, 4.69) is 22.2 Å². The number of piperidine rings is 1. The van der Waals surface area contributed by atoms with Crippen molar-refractivity contribution in [1.29, 1.82) is 0 Å². The van der Waals surface area contributed by atoms with Crippen molar-refractivity contribution < 1.29 is 4.42 Å². The highest BCUT2D eigenvalue weighted by Gasteiger charge is 2.22. The van der Waals surface area contributed by atoms with Crippen LogP contribution in [0.15, 0.2) is 10.7 Å². The van der Waals surface area contributed by atoms with E-state index in [1.807, 2.05) is 7.05 Å². The third kappa shape index (κ3) is 2.58. The second-order valence-corrected chi connectivity index (χ2v) is 4.31. The summed E-state index contributed by atoms with van der Waals surface area (Å²) in [7, 11) is 4.08. The van der Waals surface area contributed by atoms with Crippen molar-refractivity contribution in [2.75, 3.05) is 27.2 Å². The molecule has 2 heterocycles. The van der Waals surface area contributed by atoms with E-state index in [1.54, 1.807) is 6.26 Å². The van der Waals surface area contributed by atoms with Crippen molar-refractivity contribution in [3.8, 4) is 0 Å². The van der Waals surface area contributed by atoms with Gasteiger partial charge in [0, 0.05) is 19.0 Å². The second kappa shape index (κ2) is 4.77. The van der Waals surface area contributed by atoms with Crippen LogP contribution in [0.4, 0.5) is 0 Å². The second-order valence-electron chi connectivity index (χ2n) is 4.31. The molecule has 1 saturated heterocycles. The lowest BCUT2D eigenvalue weighted by Crippen LogP contribution is -2.30. The molecule has 0 spiro atoms. The van der Waals surface area contributed by atoms with Gasteiger partial charge < -0.3 is 14.6 Å². The number of rotatable bonds is 3. The van der Waals surface area contributed by atoms with E-state index in [1.165, 1.54) is 19.4 Å². The normalized spacial score (nSPS) is 23.2. The Morgan fingerprint density at radius 3 is 3.27 bits per heavy atom. The minimum atomic E-state index is 0.481. The molecule has 2 rings (SSSR count). The number of likely N-dealkylation sites (tertiary alicyclic amines) is 1. The fourth-order valence-electron chi connectivity index (χ4n) is 2.14. The standard InChI is InChI=1S/C11H19N3O/c1-12-6-10-8-15-11(13-10)9-4-3-5-14(2)7-9/h8-9,12H,3-7H2,1-2H3. The maximum atomic E-state index is 5.53. The molecule has 1 N–H and O–H groups in total. The smallest absolute Gasteiger partial charge is 0.198 e. The lowest BCUT2D eigenvalue weighted by Gasteiger charge is -2.27. The minimum absolute atomic E-state index is 0.481. The molecule has 0 amide bonds. The van der Waals surface area contributed by atoms with Crippen molar-refractivity contribution in [3.63, 3.8) is 0 Å². The Labute approximate surface area is 90.7 Å². The molecule has 1 aliphatic heterocycles. The maximum absolute atomic E-state index is 5.53. The van der Waals surface area contributed by atoms with Crippen molar-refractivity contribution in [1.82, 2.24) is 15.2 Å². The fraction of sp³-hybridized carbons (Fsp3) is 0.727. The Morgan fingerprint density at radius 1 is 1.67 bits per heavy atom. The molecule has 4 heteroatoms. The molecule has 1 aromatic rings. The average molecular weight is 209 g/mol. The van der Waals surface area contributed by atoms with Gasteiger partial charge in [-0.3, -0.25) is 0 Å². The molecule has 4 nitrogen and oxygen atoms in total. The first-order valence-electron chi connectivity index (χ1n) is 5.57. The summed E-state index contributed by atoms with van der Waals surface area (Å²) in [4.78, 5) is 6.85. The highest BCUT2D eigenvalue weighted by Crippen LogP contribution is 2.25. The van der Waals surface area contributed by atoms with Gasteiger partial charge in [0.15, 0.2) is 5.89 Å². The Kier molecular flexibility index (Phi) is 3.38. The summed E-state index contributed by atoms with van der Waals surface area (Å²) < 4.78 is 5.53. The highest BCUT2D eigenvalue weighted by molar-refractivity contribution is 5.02. The van der Waals surface area contributed by atoms with E-state index in [0.717, 1.165) is 24.7 Å². The van der Waals surface area contributed by atoms with Gasteiger partial charge in [0.25, 0.3) is 0 Å². The molecule has 1 fully saturated rings. The largest absolute Gasteiger partial charge is 0.448 e. The summed E-state index contributed by atoms with van der Waals surface area (Å²) in [5, 5.41) is 3.08. The Hall–Kier alpha value is -0.870. The van der Waals surface area contributed by atoms with Crippen LogP contribution in [0.3, 0.4) is 0 Å². The number of nitrogens with one attached hydrogen (secondary N) is 1. The van der Waals surface area contributed by atoms with Gasteiger partial charge in [-0.25, -0.2) is 4.98 Å². The zero-order valence-electron chi connectivity index (χ0n) is 9.49. The van der Waals surface area contributed by atoms with Crippen LogP contribution in [0.1, 0.15) is 30.3 Å². The van der Waals surface area contributed by atoms with E-state index in [4.69, 9.17) is 4.42 Å². The molecule has 84 valence electrons. The van der Waals surface area contributed by atoms with Gasteiger partial charge >= 0.3 is 0 Å². The van der Waals surface area contributed by atoms with Gasteiger partial charge in [-0.05, 0) is 33.5 Å². The van der Waals surface area contributed by atoms with Crippen LogP contribution < -0.4 is 5.32 Å². The number of likely N-dealkylation sites (N-methyl/N-ethyl adjacent to an activating group) is 1. The van der Waals surface area contributed by atoms with E-state index in [9.17, 15) is 0 Å². The topological polar surface area (TPSA) is 41.3 Å². The van der Waals surface area contributed by atoms with E-state index >= 15 is 0 Å². The molecular weight excluding hydrogens is 190 g/mol. The van der Waals surface area contributed by atoms with E-state index in [-0.39, 0.29) is 0 Å². The molecule has 15 heavy (non-hydrogen) atoms. The Balaban J connectivity index is 2.01. The minimum Gasteiger partial charge on any atom is -0.448 e. The predicted octanol–water partition coefficient (Wildman–Crippen LogP) is 1.20. The number of oxazole rings is 1. The molecule has 1 aromatic heterocycles. The van der Waals surface area contributed by atoms with Crippen molar-refractivity contribution in [3.05, 3.63) is 17.8 Å². The predicted molar refractivity (Wildman–Crippen MR) is 58.7 cm³/mol. The third-order valence-corrected chi connectivity index (χ3v) is 2.90. The average Bonchev–Trinajstić information content (AvgIpc) is 2.67. The fourth-order valence-corrected chi connectivity index (χ4v) is 2.14. The van der Waals surface area contributed by atoms with Crippen LogP contribution in [0.25, 0.3) is 0 Å². The number of hydrogen-bond acceptors (Lipinski definition) is 4. The van der Waals surface area contributed by atoms with Gasteiger partial charge in [-0.15, -0.1) is 0 Å². The molecule has 0 aliphatic carbocycles. The van der Waals surface area contributed by atoms with E-state index in [0.29, 0.717) is 5.92 Å². The summed E-state index contributed by atoms with van der Waals surface area (Å²) in [6.45, 7) is 3.05. The molecule has 1 aliphatic rings. The summed E-state index contributed by atoms with van der Waals surface area (Å²) in [6, 6.07) is 0. The lowest BCUT2D eigenvalue weighted by molar-refractivity contribution is 0.230. The zero-order valence-corrected chi connectivity index (χ0v) is 9.49. The quantitative estimate of drug-likeness (QED) is 0.812. The van der Waals surface area contributed by atoms with Crippen LogP contribution in [0.2, 0.25) is 0 Å². The number of nitrogens with zero attached hydrogens (tertiary/aromatic N) is 2. The molecule has 0 radical (unpaired) electrons. The van der Waals surface area contributed by atoms with Crippen molar-refractivity contribution in [2.24, 2.45) is 0 Å². The van der Waals surface area contributed by atoms with Crippen LogP contribution >= 0.6 is 0 Å². The van der Waals surface area contributed by atoms with Gasteiger partial charge in [0.1, 0.15) is 6.26 Å². The summed E-state index contributed by atoms with van der Waals surface area (Å²) in [6.07, 6.45) is 4.20. The van der Waals surface area contributed by atoms with Gasteiger partial charge in [0.05, 0.1) is 5.69 Å². The Bertz CT molecular complexity index is 311. The van der Waals surface area contributed by atoms with Crippen molar-refractivity contribution in [2.45, 2.75) is 25.3 Å². The zero-order chi connectivity index (χ0) is 10.7. The first kappa shape index (κ1) is 10.6. The van der Waals surface area contributed by atoms with Crippen LogP contribution in [0, 0.1) is 0 Å². The maximum Gasteiger partial charge on any atom is 0.198 e. The molecular formula is C11H19N3O. The number of hydrogen-bond donors (Lipinski definition) is 1. The molecule has 0 bridgehead atoms. The first-order valence-corrected chi connectivity index (χ1v) is 5.57. The molecule has 0 aromatic carbocycles. The van der Waals surface area contributed by atoms with Crippen LogP contribution in [-0.4, -0.2) is 37.1 Å². The molecule has 1 unspecified atom stereocenters. The van der Waals surface area contributed by atoms with Gasteiger partial charge in [-0.1, -0.05) is 0 Å². The highest BCUT2D eigenvalue weighted by atomic mass is 16.3. The Morgan fingerprint density at radius 2 is 2.53 bits per heavy atom. The van der Waals surface area contributed by atoms with Gasteiger partial charge in [-0.2, -0.15) is 0 Å². The lowest BCUT2D eigenvalue weighted by atomic mass is 9.98. The molecule has 0 saturated carbocycles. The first-order chi connectivity index (χ1) is 7.29. The summed E-state index contributed by atoms with van der Waals surface area (Å²) in [5.74, 6) is 1.39. The third-order valence-electron chi connectivity index (χ3n) is 2.90. The van der Waals surface area contributed by atoms with Crippen LogP contribution in [-0.2, 0) is 6.54 Å².